The first-order chi connectivity index (χ1) is 11.0. The number of hydrogen-bond acceptors (Lipinski definition) is 4. The maximum atomic E-state index is 12.2. The fourth-order valence-corrected chi connectivity index (χ4v) is 2.87. The van der Waals surface area contributed by atoms with E-state index in [-0.39, 0.29) is 19.0 Å². The largest absolute Gasteiger partial charge is 0.423 e. The molecule has 1 aliphatic rings. The second kappa shape index (κ2) is 6.60. The van der Waals surface area contributed by atoms with Gasteiger partial charge < -0.3 is 15.0 Å². The van der Waals surface area contributed by atoms with Crippen molar-refractivity contribution in [2.45, 2.75) is 0 Å². The lowest BCUT2D eigenvalue weighted by Gasteiger charge is -2.29. The number of anilines is 2. The van der Waals surface area contributed by atoms with Gasteiger partial charge in [0.2, 0.25) is 5.91 Å². The molecule has 0 atom stereocenters. The first-order valence-corrected chi connectivity index (χ1v) is 7.99. The van der Waals surface area contributed by atoms with E-state index in [1.54, 1.807) is 35.2 Å². The highest BCUT2D eigenvalue weighted by Crippen LogP contribution is 2.34. The van der Waals surface area contributed by atoms with Gasteiger partial charge >= 0.3 is 5.97 Å². The van der Waals surface area contributed by atoms with Crippen LogP contribution in [0.3, 0.4) is 0 Å². The highest BCUT2D eigenvalue weighted by atomic mass is 79.9. The van der Waals surface area contributed by atoms with Gasteiger partial charge in [-0.2, -0.15) is 0 Å². The Morgan fingerprint density at radius 1 is 1.30 bits per heavy atom. The normalized spacial score (nSPS) is 13.3. The molecule has 0 aromatic heterocycles. The van der Waals surface area contributed by atoms with Crippen LogP contribution in [0.25, 0.3) is 0 Å². The topological polar surface area (TPSA) is 58.6 Å². The number of nitrogens with one attached hydrogen (secondary N) is 1. The summed E-state index contributed by atoms with van der Waals surface area (Å²) in [6, 6.07) is 12.2. The Morgan fingerprint density at radius 3 is 2.91 bits per heavy atom. The second-order valence-electron chi connectivity index (χ2n) is 5.00. The van der Waals surface area contributed by atoms with E-state index in [0.717, 1.165) is 4.47 Å². The number of benzene rings is 2. The third-order valence-electron chi connectivity index (χ3n) is 3.25. The van der Waals surface area contributed by atoms with E-state index in [2.05, 4.69) is 21.2 Å². The highest BCUT2D eigenvalue weighted by Gasteiger charge is 2.25. The number of ether oxygens (including phenoxy) is 1. The van der Waals surface area contributed by atoms with Gasteiger partial charge in [0, 0.05) is 15.2 Å². The molecule has 2 aromatic rings. The zero-order chi connectivity index (χ0) is 16.4. The lowest BCUT2D eigenvalue weighted by Crippen LogP contribution is -2.41. The van der Waals surface area contributed by atoms with Gasteiger partial charge in [-0.15, -0.1) is 0 Å². The molecule has 0 saturated carbocycles. The summed E-state index contributed by atoms with van der Waals surface area (Å²) in [5.41, 5.74) is 1.30. The van der Waals surface area contributed by atoms with Crippen molar-refractivity contribution < 1.29 is 14.3 Å². The Balaban J connectivity index is 1.76. The molecular weight excluding hydrogens is 384 g/mol. The molecular formula is C16H12BrClN2O3. The summed E-state index contributed by atoms with van der Waals surface area (Å²) < 4.78 is 6.02. The highest BCUT2D eigenvalue weighted by molar-refractivity contribution is 9.10. The molecule has 23 heavy (non-hydrogen) atoms. The molecule has 0 bridgehead atoms. The van der Waals surface area contributed by atoms with Crippen molar-refractivity contribution in [2.24, 2.45) is 0 Å². The molecule has 3 rings (SSSR count). The smallest absolute Gasteiger partial charge is 0.331 e. The molecule has 7 heteroatoms. The summed E-state index contributed by atoms with van der Waals surface area (Å²) in [6.45, 7) is 0.0220. The molecule has 0 aliphatic carbocycles. The number of halogens is 2. The molecule has 0 spiro atoms. The number of esters is 1. The van der Waals surface area contributed by atoms with Crippen molar-refractivity contribution >= 4 is 50.8 Å². The summed E-state index contributed by atoms with van der Waals surface area (Å²) in [5.74, 6) is -0.236. The molecule has 1 amide bonds. The predicted octanol–water partition coefficient (Wildman–Crippen LogP) is 3.47. The first kappa shape index (κ1) is 15.8. The van der Waals surface area contributed by atoms with Crippen LogP contribution < -0.4 is 15.0 Å². The number of rotatable bonds is 3. The molecule has 5 nitrogen and oxygen atoms in total. The number of carbonyl (C=O) groups excluding carboxylic acids is 2. The number of hydrogen-bond donors (Lipinski definition) is 1. The van der Waals surface area contributed by atoms with Gasteiger partial charge in [0.15, 0.2) is 5.75 Å². The quantitative estimate of drug-likeness (QED) is 0.639. The number of nitrogens with zero attached hydrogens (tertiary/aromatic N) is 1. The van der Waals surface area contributed by atoms with Crippen LogP contribution in [0, 0.1) is 0 Å². The van der Waals surface area contributed by atoms with E-state index in [0.29, 0.717) is 22.1 Å². The standard InChI is InChI=1S/C16H12BrClN2O3/c17-10-2-1-3-12(6-10)19-15(21)8-20-9-16(22)23-14-5-4-11(18)7-13(14)20/h1-7H,8-9H2,(H,19,21). The summed E-state index contributed by atoms with van der Waals surface area (Å²) in [6.07, 6.45) is 0. The van der Waals surface area contributed by atoms with E-state index >= 15 is 0 Å². The van der Waals surface area contributed by atoms with Crippen LogP contribution in [0.15, 0.2) is 46.9 Å². The van der Waals surface area contributed by atoms with Crippen molar-refractivity contribution in [3.05, 3.63) is 52.0 Å². The number of carbonyl (C=O) groups is 2. The van der Waals surface area contributed by atoms with Gasteiger partial charge in [0.05, 0.1) is 12.2 Å². The van der Waals surface area contributed by atoms with Crippen molar-refractivity contribution in [1.82, 2.24) is 0 Å². The first-order valence-electron chi connectivity index (χ1n) is 6.82. The molecule has 1 aliphatic heterocycles. The molecule has 0 unspecified atom stereocenters. The van der Waals surface area contributed by atoms with Crippen LogP contribution in [0.4, 0.5) is 11.4 Å². The number of amides is 1. The van der Waals surface area contributed by atoms with Crippen molar-refractivity contribution in [1.29, 1.82) is 0 Å². The Morgan fingerprint density at radius 2 is 2.13 bits per heavy atom. The maximum absolute atomic E-state index is 12.2. The minimum absolute atomic E-state index is 0.000748. The second-order valence-corrected chi connectivity index (χ2v) is 6.35. The lowest BCUT2D eigenvalue weighted by molar-refractivity contribution is -0.133. The summed E-state index contributed by atoms with van der Waals surface area (Å²) in [4.78, 5) is 25.6. The van der Waals surface area contributed by atoms with Crippen LogP contribution in [0.5, 0.6) is 5.75 Å². The fourth-order valence-electron chi connectivity index (χ4n) is 2.30. The Labute approximate surface area is 146 Å². The average Bonchev–Trinajstić information content (AvgIpc) is 2.48. The van der Waals surface area contributed by atoms with Gasteiger partial charge in [0.25, 0.3) is 0 Å². The Hall–Kier alpha value is -2.05. The van der Waals surface area contributed by atoms with E-state index < -0.39 is 5.97 Å². The van der Waals surface area contributed by atoms with Crippen molar-refractivity contribution in [3.8, 4) is 5.75 Å². The molecule has 2 aromatic carbocycles. The maximum Gasteiger partial charge on any atom is 0.331 e. The van der Waals surface area contributed by atoms with E-state index in [4.69, 9.17) is 16.3 Å². The Kier molecular flexibility index (Phi) is 4.54. The fraction of sp³-hybridized carbons (Fsp3) is 0.125. The Bertz CT molecular complexity index is 782. The monoisotopic (exact) mass is 394 g/mol. The van der Waals surface area contributed by atoms with Crippen LogP contribution in [-0.4, -0.2) is 25.0 Å². The third kappa shape index (κ3) is 3.83. The van der Waals surface area contributed by atoms with E-state index in [1.165, 1.54) is 0 Å². The number of fused-ring (bicyclic) bond motifs is 1. The predicted molar refractivity (Wildman–Crippen MR) is 92.1 cm³/mol. The summed E-state index contributed by atoms with van der Waals surface area (Å²) >= 11 is 9.34. The summed E-state index contributed by atoms with van der Waals surface area (Å²) in [5, 5.41) is 3.31. The SMILES string of the molecule is O=C(CN1CC(=O)Oc2ccc(Cl)cc21)Nc1cccc(Br)c1. The molecule has 1 heterocycles. The molecule has 0 radical (unpaired) electrons. The molecule has 0 fully saturated rings. The van der Waals surface area contributed by atoms with E-state index in [1.807, 2.05) is 12.1 Å². The zero-order valence-corrected chi connectivity index (χ0v) is 14.2. The van der Waals surface area contributed by atoms with Gasteiger partial charge in [-0.25, -0.2) is 4.79 Å². The summed E-state index contributed by atoms with van der Waals surface area (Å²) in [7, 11) is 0. The average molecular weight is 396 g/mol. The van der Waals surface area contributed by atoms with Gasteiger partial charge in [-0.1, -0.05) is 33.6 Å². The lowest BCUT2D eigenvalue weighted by atomic mass is 10.2. The van der Waals surface area contributed by atoms with Crippen LogP contribution in [-0.2, 0) is 9.59 Å². The molecule has 0 saturated heterocycles. The third-order valence-corrected chi connectivity index (χ3v) is 3.98. The van der Waals surface area contributed by atoms with Gasteiger partial charge in [-0.05, 0) is 36.4 Å². The van der Waals surface area contributed by atoms with Gasteiger partial charge in [0.1, 0.15) is 6.54 Å². The molecule has 118 valence electrons. The van der Waals surface area contributed by atoms with Crippen LogP contribution in [0.1, 0.15) is 0 Å². The van der Waals surface area contributed by atoms with Crippen LogP contribution in [0.2, 0.25) is 5.02 Å². The van der Waals surface area contributed by atoms with Crippen molar-refractivity contribution in [2.75, 3.05) is 23.3 Å². The minimum atomic E-state index is -0.407. The van der Waals surface area contributed by atoms with E-state index in [9.17, 15) is 9.59 Å². The minimum Gasteiger partial charge on any atom is -0.423 e. The van der Waals surface area contributed by atoms with Crippen LogP contribution >= 0.6 is 27.5 Å². The molecule has 1 N–H and O–H groups in total. The zero-order valence-electron chi connectivity index (χ0n) is 11.9. The van der Waals surface area contributed by atoms with Gasteiger partial charge in [-0.3, -0.25) is 4.79 Å². The van der Waals surface area contributed by atoms with Crippen molar-refractivity contribution in [3.63, 3.8) is 0 Å².